The number of allylic oxidation sites excluding steroid dienone is 20. The number of rotatable bonds is 45. The minimum absolute atomic E-state index is 0.119. The minimum atomic E-state index is -0.827. The Morgan fingerprint density at radius 1 is 0.323 bits per heavy atom. The van der Waals surface area contributed by atoms with Gasteiger partial charge in [-0.2, -0.15) is 0 Å². The number of carbonyl (C=O) groups excluding carboxylic acids is 3. The largest absolute Gasteiger partial charge is 0.462 e. The summed E-state index contributed by atoms with van der Waals surface area (Å²) in [6, 6.07) is 0. The van der Waals surface area contributed by atoms with Crippen molar-refractivity contribution < 1.29 is 28.6 Å². The lowest BCUT2D eigenvalue weighted by atomic mass is 10.1. The highest BCUT2D eigenvalue weighted by Gasteiger charge is 2.19. The van der Waals surface area contributed by atoms with Gasteiger partial charge in [0, 0.05) is 19.3 Å². The molecule has 0 aromatic heterocycles. The molecule has 0 aliphatic carbocycles. The lowest BCUT2D eigenvalue weighted by Crippen LogP contribution is -2.30. The molecule has 0 bridgehead atoms. The van der Waals surface area contributed by atoms with Crippen LogP contribution in [0.25, 0.3) is 0 Å². The Labute approximate surface area is 399 Å². The van der Waals surface area contributed by atoms with Crippen molar-refractivity contribution in [2.24, 2.45) is 0 Å². The maximum Gasteiger partial charge on any atom is 0.306 e. The lowest BCUT2D eigenvalue weighted by Gasteiger charge is -2.18. The van der Waals surface area contributed by atoms with Gasteiger partial charge in [-0.15, -0.1) is 0 Å². The highest BCUT2D eigenvalue weighted by atomic mass is 16.6. The predicted octanol–water partition coefficient (Wildman–Crippen LogP) is 17.3. The molecule has 0 saturated carbocycles. The summed E-state index contributed by atoms with van der Waals surface area (Å²) >= 11 is 0. The molecular formula is C59H94O6. The number of hydrogen-bond acceptors (Lipinski definition) is 6. The molecule has 0 radical (unpaired) electrons. The summed E-state index contributed by atoms with van der Waals surface area (Å²) in [5.74, 6) is -1.03. The van der Waals surface area contributed by atoms with Crippen LogP contribution in [0.4, 0.5) is 0 Å². The van der Waals surface area contributed by atoms with Crippen molar-refractivity contribution >= 4 is 17.9 Å². The van der Waals surface area contributed by atoms with Gasteiger partial charge < -0.3 is 14.2 Å². The molecule has 1 atom stereocenters. The summed E-state index contributed by atoms with van der Waals surface area (Å²) in [4.78, 5) is 37.9. The molecule has 0 spiro atoms. The van der Waals surface area contributed by atoms with Crippen molar-refractivity contribution in [1.29, 1.82) is 0 Å². The topological polar surface area (TPSA) is 78.9 Å². The summed E-state index contributed by atoms with van der Waals surface area (Å²) in [5, 5.41) is 0. The molecule has 0 amide bonds. The molecule has 0 rings (SSSR count). The van der Waals surface area contributed by atoms with Gasteiger partial charge in [0.1, 0.15) is 13.2 Å². The SMILES string of the molecule is CC/C=C\C/C=C\C/C=C\C/C=C\C/C=C\CCCC(=O)O[C@@H](COC(=O)CCCCC/C=C\C/C=C\C/C=C\C/C=C\CCCCC)COC(=O)CCCCCCC/C=C\CCCC. The molecule has 0 unspecified atom stereocenters. The molecule has 65 heavy (non-hydrogen) atoms. The van der Waals surface area contributed by atoms with E-state index < -0.39 is 6.10 Å². The smallest absolute Gasteiger partial charge is 0.306 e. The molecule has 0 aromatic carbocycles. The van der Waals surface area contributed by atoms with E-state index in [1.54, 1.807) is 0 Å². The summed E-state index contributed by atoms with van der Waals surface area (Å²) in [6.07, 6.45) is 71.9. The van der Waals surface area contributed by atoms with Gasteiger partial charge in [0.05, 0.1) is 0 Å². The van der Waals surface area contributed by atoms with E-state index in [1.165, 1.54) is 51.4 Å². The monoisotopic (exact) mass is 899 g/mol. The van der Waals surface area contributed by atoms with Crippen LogP contribution in [0.2, 0.25) is 0 Å². The number of unbranched alkanes of at least 4 members (excludes halogenated alkanes) is 14. The Morgan fingerprint density at radius 2 is 0.631 bits per heavy atom. The highest BCUT2D eigenvalue weighted by molar-refractivity contribution is 5.71. The van der Waals surface area contributed by atoms with Crippen molar-refractivity contribution in [1.82, 2.24) is 0 Å². The average molecular weight is 899 g/mol. The molecule has 0 heterocycles. The molecule has 6 nitrogen and oxygen atoms in total. The Bertz CT molecular complexity index is 1400. The lowest BCUT2D eigenvalue weighted by molar-refractivity contribution is -0.167. The van der Waals surface area contributed by atoms with Crippen LogP contribution in [0, 0.1) is 0 Å². The van der Waals surface area contributed by atoms with Crippen molar-refractivity contribution in [3.63, 3.8) is 0 Å². The van der Waals surface area contributed by atoms with Gasteiger partial charge >= 0.3 is 17.9 Å². The van der Waals surface area contributed by atoms with Gasteiger partial charge in [-0.05, 0) is 122 Å². The number of carbonyl (C=O) groups is 3. The van der Waals surface area contributed by atoms with Gasteiger partial charge in [-0.1, -0.05) is 194 Å². The maximum absolute atomic E-state index is 12.8. The fourth-order valence-electron chi connectivity index (χ4n) is 6.50. The Balaban J connectivity index is 4.55. The normalized spacial score (nSPS) is 13.1. The van der Waals surface area contributed by atoms with Crippen molar-refractivity contribution in [2.45, 2.75) is 219 Å². The summed E-state index contributed by atoms with van der Waals surface area (Å²) in [5.41, 5.74) is 0. The first-order valence-corrected chi connectivity index (χ1v) is 26.0. The standard InChI is InChI=1S/C59H94O6/c1-4-7-10-13-16-19-22-24-26-28-29-31-32-34-37-40-43-46-49-52-58(61)64-55-56(54-63-57(60)51-48-45-42-39-36-21-18-15-12-9-6-3)65-59(62)53-50-47-44-41-38-35-33-30-27-25-23-20-17-14-11-8-5-2/h8,11,15-20,24-27,29,31,33-35,37,41,44,56H,4-7,9-10,12-14,21-23,28,30,32,36,38-40,42-43,45-55H2,1-3H3/b11-8-,18-15-,19-16-,20-17-,26-24-,27-25-,31-29-,35-33-,37-34-,44-41-/t56-/m1/s1. The zero-order valence-electron chi connectivity index (χ0n) is 41.7. The van der Waals surface area contributed by atoms with Crippen LogP contribution in [0.3, 0.4) is 0 Å². The Morgan fingerprint density at radius 3 is 1.06 bits per heavy atom. The van der Waals surface area contributed by atoms with Gasteiger partial charge in [0.2, 0.25) is 0 Å². The van der Waals surface area contributed by atoms with Gasteiger partial charge in [-0.25, -0.2) is 0 Å². The van der Waals surface area contributed by atoms with Crippen LogP contribution in [0.1, 0.15) is 213 Å². The third-order valence-electron chi connectivity index (χ3n) is 10.4. The molecular weight excluding hydrogens is 805 g/mol. The zero-order chi connectivity index (χ0) is 47.2. The molecule has 366 valence electrons. The summed E-state index contributed by atoms with van der Waals surface area (Å²) in [6.45, 7) is 6.35. The van der Waals surface area contributed by atoms with Gasteiger partial charge in [-0.3, -0.25) is 14.4 Å². The van der Waals surface area contributed by atoms with Gasteiger partial charge in [0.25, 0.3) is 0 Å². The van der Waals surface area contributed by atoms with Crippen molar-refractivity contribution in [3.05, 3.63) is 122 Å². The summed E-state index contributed by atoms with van der Waals surface area (Å²) in [7, 11) is 0. The quantitative estimate of drug-likeness (QED) is 0.0262. The van der Waals surface area contributed by atoms with E-state index in [0.717, 1.165) is 116 Å². The fourth-order valence-corrected chi connectivity index (χ4v) is 6.50. The average Bonchev–Trinajstić information content (AvgIpc) is 3.30. The van der Waals surface area contributed by atoms with Crippen LogP contribution >= 0.6 is 0 Å². The second-order valence-corrected chi connectivity index (χ2v) is 16.7. The first kappa shape index (κ1) is 60.8. The molecule has 0 aliphatic rings. The van der Waals surface area contributed by atoms with E-state index in [2.05, 4.69) is 142 Å². The van der Waals surface area contributed by atoms with Crippen molar-refractivity contribution in [2.75, 3.05) is 13.2 Å². The van der Waals surface area contributed by atoms with E-state index in [4.69, 9.17) is 14.2 Å². The van der Waals surface area contributed by atoms with E-state index in [1.807, 2.05) is 0 Å². The maximum atomic E-state index is 12.8. The second kappa shape index (κ2) is 52.4. The Kier molecular flexibility index (Phi) is 49.1. The van der Waals surface area contributed by atoms with Crippen LogP contribution in [0.5, 0.6) is 0 Å². The number of ether oxygens (including phenoxy) is 3. The van der Waals surface area contributed by atoms with Crippen LogP contribution in [-0.2, 0) is 28.6 Å². The van der Waals surface area contributed by atoms with E-state index >= 15 is 0 Å². The highest BCUT2D eigenvalue weighted by Crippen LogP contribution is 2.11. The minimum Gasteiger partial charge on any atom is -0.462 e. The number of esters is 3. The molecule has 0 fully saturated rings. The van der Waals surface area contributed by atoms with Crippen LogP contribution in [-0.4, -0.2) is 37.2 Å². The molecule has 0 aromatic rings. The van der Waals surface area contributed by atoms with E-state index in [-0.39, 0.29) is 37.5 Å². The zero-order valence-corrected chi connectivity index (χ0v) is 41.7. The molecule has 0 aliphatic heterocycles. The molecule has 6 heteroatoms. The van der Waals surface area contributed by atoms with Crippen LogP contribution in [0.15, 0.2) is 122 Å². The fraction of sp³-hybridized carbons (Fsp3) is 0.610. The first-order valence-electron chi connectivity index (χ1n) is 26.0. The molecule has 0 N–H and O–H groups in total. The summed E-state index contributed by atoms with van der Waals surface area (Å²) < 4.78 is 16.7. The van der Waals surface area contributed by atoms with E-state index in [9.17, 15) is 14.4 Å². The number of hydrogen-bond donors (Lipinski definition) is 0. The van der Waals surface area contributed by atoms with E-state index in [0.29, 0.717) is 19.3 Å². The predicted molar refractivity (Wildman–Crippen MR) is 279 cm³/mol. The van der Waals surface area contributed by atoms with Crippen molar-refractivity contribution in [3.8, 4) is 0 Å². The second-order valence-electron chi connectivity index (χ2n) is 16.7. The first-order chi connectivity index (χ1) is 32.0. The Hall–Kier alpha value is -4.19. The third kappa shape index (κ3) is 50.7. The third-order valence-corrected chi connectivity index (χ3v) is 10.4. The molecule has 0 saturated heterocycles. The van der Waals surface area contributed by atoms with Crippen LogP contribution < -0.4 is 0 Å². The van der Waals surface area contributed by atoms with Gasteiger partial charge in [0.15, 0.2) is 6.10 Å².